The fourth-order valence-corrected chi connectivity index (χ4v) is 2.02. The van der Waals surface area contributed by atoms with Gasteiger partial charge in [-0.1, -0.05) is 44.1 Å². The Balaban J connectivity index is 1.96. The zero-order valence-electron chi connectivity index (χ0n) is 12.6. The Bertz CT molecular complexity index is 302. The fourth-order valence-electron chi connectivity index (χ4n) is 2.02. The molecule has 0 aromatic rings. The van der Waals surface area contributed by atoms with E-state index in [9.17, 15) is 4.79 Å². The topological polar surface area (TPSA) is 20.3 Å². The van der Waals surface area contributed by atoms with Crippen LogP contribution in [0.2, 0.25) is 0 Å². The lowest BCUT2D eigenvalue weighted by atomic mass is 10.2. The highest BCUT2D eigenvalue weighted by Gasteiger charge is 2.31. The molecule has 0 bridgehead atoms. The predicted molar refractivity (Wildman–Crippen MR) is 82.0 cm³/mol. The van der Waals surface area contributed by atoms with Gasteiger partial charge in [-0.05, 0) is 38.5 Å². The second kappa shape index (κ2) is 9.82. The highest BCUT2D eigenvalue weighted by molar-refractivity contribution is 5.80. The summed E-state index contributed by atoms with van der Waals surface area (Å²) in [5, 5.41) is 0. The van der Waals surface area contributed by atoms with E-state index >= 15 is 0 Å². The second-order valence-corrected chi connectivity index (χ2v) is 5.51. The summed E-state index contributed by atoms with van der Waals surface area (Å²) in [6.45, 7) is 3.00. The molecule has 2 heteroatoms. The first-order chi connectivity index (χ1) is 9.25. The third-order valence-corrected chi connectivity index (χ3v) is 3.49. The van der Waals surface area contributed by atoms with Crippen LogP contribution in [0.4, 0.5) is 0 Å². The molecule has 0 atom stereocenters. The van der Waals surface area contributed by atoms with Gasteiger partial charge in [-0.3, -0.25) is 4.79 Å². The monoisotopic (exact) mass is 263 g/mol. The Morgan fingerprint density at radius 2 is 1.68 bits per heavy atom. The van der Waals surface area contributed by atoms with Crippen molar-refractivity contribution in [1.29, 1.82) is 0 Å². The number of carbonyl (C=O) groups excluding carboxylic acids is 1. The maximum atomic E-state index is 11.7. The van der Waals surface area contributed by atoms with Gasteiger partial charge in [0.1, 0.15) is 0 Å². The van der Waals surface area contributed by atoms with E-state index in [0.29, 0.717) is 11.8 Å². The van der Waals surface area contributed by atoms with Crippen molar-refractivity contribution in [3.63, 3.8) is 0 Å². The highest BCUT2D eigenvalue weighted by atomic mass is 16.2. The van der Waals surface area contributed by atoms with Crippen molar-refractivity contribution < 1.29 is 4.79 Å². The van der Waals surface area contributed by atoms with E-state index < -0.39 is 0 Å². The molecule has 108 valence electrons. The molecule has 1 saturated carbocycles. The van der Waals surface area contributed by atoms with Gasteiger partial charge >= 0.3 is 0 Å². The molecule has 1 aliphatic rings. The van der Waals surface area contributed by atoms with Crippen molar-refractivity contribution in [1.82, 2.24) is 4.90 Å². The molecule has 0 aliphatic heterocycles. The van der Waals surface area contributed by atoms with Gasteiger partial charge in [0.05, 0.1) is 0 Å². The van der Waals surface area contributed by atoms with Crippen molar-refractivity contribution in [2.24, 2.45) is 5.92 Å². The number of carbonyl (C=O) groups is 1. The summed E-state index contributed by atoms with van der Waals surface area (Å²) < 4.78 is 0. The highest BCUT2D eigenvalue weighted by Crippen LogP contribution is 2.30. The molecule has 19 heavy (non-hydrogen) atoms. The number of rotatable bonds is 10. The summed E-state index contributed by atoms with van der Waals surface area (Å²) in [6, 6.07) is 0. The summed E-state index contributed by atoms with van der Waals surface area (Å²) in [7, 11) is 1.90. The van der Waals surface area contributed by atoms with Crippen LogP contribution in [-0.4, -0.2) is 24.4 Å². The molecule has 2 nitrogen and oxygen atoms in total. The summed E-state index contributed by atoms with van der Waals surface area (Å²) in [5.74, 6) is 0.657. The van der Waals surface area contributed by atoms with Crippen LogP contribution in [0.1, 0.15) is 58.3 Å². The third kappa shape index (κ3) is 7.86. The van der Waals surface area contributed by atoms with E-state index in [-0.39, 0.29) is 0 Å². The first-order valence-corrected chi connectivity index (χ1v) is 7.80. The van der Waals surface area contributed by atoms with Crippen LogP contribution in [0.3, 0.4) is 0 Å². The van der Waals surface area contributed by atoms with Crippen molar-refractivity contribution in [2.45, 2.75) is 58.3 Å². The molecular weight excluding hydrogens is 234 g/mol. The molecule has 0 spiro atoms. The van der Waals surface area contributed by atoms with Crippen molar-refractivity contribution in [3.05, 3.63) is 24.3 Å². The van der Waals surface area contributed by atoms with Crippen molar-refractivity contribution in [2.75, 3.05) is 13.6 Å². The number of unbranched alkanes of at least 4 members (excludes halogenated alkanes) is 4. The van der Waals surface area contributed by atoms with Gasteiger partial charge in [-0.25, -0.2) is 0 Å². The molecule has 0 unspecified atom stereocenters. The standard InChI is InChI=1S/C17H29NO/c1-3-4-5-6-7-8-9-10-11-12-15-18(2)17(19)16-13-14-16/h7-8,11-12,16H,3-6,9-10,13-15H2,1-2H3/b8-7-,12-11-. The van der Waals surface area contributed by atoms with Gasteiger partial charge in [0, 0.05) is 19.5 Å². The van der Waals surface area contributed by atoms with E-state index in [1.807, 2.05) is 11.9 Å². The third-order valence-electron chi connectivity index (χ3n) is 3.49. The molecule has 1 aliphatic carbocycles. The molecule has 1 amide bonds. The van der Waals surface area contributed by atoms with Gasteiger partial charge in [0.2, 0.25) is 5.91 Å². The van der Waals surface area contributed by atoms with Crippen LogP contribution in [0.5, 0.6) is 0 Å². The average molecular weight is 263 g/mol. The van der Waals surface area contributed by atoms with Crippen LogP contribution in [0.25, 0.3) is 0 Å². The second-order valence-electron chi connectivity index (χ2n) is 5.51. The lowest BCUT2D eigenvalue weighted by molar-refractivity contribution is -0.130. The number of allylic oxidation sites excluding steroid dienone is 3. The van der Waals surface area contributed by atoms with Gasteiger partial charge in [-0.2, -0.15) is 0 Å². The fraction of sp³-hybridized carbons (Fsp3) is 0.706. The van der Waals surface area contributed by atoms with Gasteiger partial charge in [0.15, 0.2) is 0 Å². The molecular formula is C17H29NO. The number of hydrogen-bond donors (Lipinski definition) is 0. The van der Waals surface area contributed by atoms with Crippen LogP contribution < -0.4 is 0 Å². The number of nitrogens with zero attached hydrogens (tertiary/aromatic N) is 1. The Hall–Kier alpha value is -1.05. The Morgan fingerprint density at radius 1 is 1.05 bits per heavy atom. The quantitative estimate of drug-likeness (QED) is 0.424. The molecule has 0 N–H and O–H groups in total. The summed E-state index contributed by atoms with van der Waals surface area (Å²) in [5.41, 5.74) is 0. The number of likely N-dealkylation sites (N-methyl/N-ethyl adjacent to an activating group) is 1. The maximum absolute atomic E-state index is 11.7. The Morgan fingerprint density at radius 3 is 2.32 bits per heavy atom. The van der Waals surface area contributed by atoms with Gasteiger partial charge < -0.3 is 4.90 Å². The largest absolute Gasteiger partial charge is 0.342 e. The SMILES string of the molecule is CCCCC/C=C\CC/C=C\CN(C)C(=O)C1CC1. The molecule has 0 saturated heterocycles. The van der Waals surface area contributed by atoms with E-state index in [1.54, 1.807) is 0 Å². The van der Waals surface area contributed by atoms with Crippen LogP contribution in [0, 0.1) is 5.92 Å². The minimum absolute atomic E-state index is 0.320. The smallest absolute Gasteiger partial charge is 0.225 e. The van der Waals surface area contributed by atoms with Crippen molar-refractivity contribution >= 4 is 5.91 Å². The first kappa shape index (κ1) is 16.0. The summed E-state index contributed by atoms with van der Waals surface area (Å²) in [6.07, 6.45) is 18.4. The Kier molecular flexibility index (Phi) is 8.28. The summed E-state index contributed by atoms with van der Waals surface area (Å²) in [4.78, 5) is 13.5. The normalized spacial score (nSPS) is 15.5. The van der Waals surface area contributed by atoms with Crippen molar-refractivity contribution in [3.8, 4) is 0 Å². The zero-order valence-corrected chi connectivity index (χ0v) is 12.6. The lowest BCUT2D eigenvalue weighted by Gasteiger charge is -2.13. The number of hydrogen-bond acceptors (Lipinski definition) is 1. The Labute approximate surface area is 118 Å². The number of amides is 1. The maximum Gasteiger partial charge on any atom is 0.225 e. The molecule has 0 aromatic carbocycles. The first-order valence-electron chi connectivity index (χ1n) is 7.80. The molecule has 0 radical (unpaired) electrons. The zero-order chi connectivity index (χ0) is 13.9. The minimum atomic E-state index is 0.320. The van der Waals surface area contributed by atoms with Gasteiger partial charge in [0.25, 0.3) is 0 Å². The average Bonchev–Trinajstić information content (AvgIpc) is 3.24. The predicted octanol–water partition coefficient (Wildman–Crippen LogP) is 4.33. The van der Waals surface area contributed by atoms with Crippen LogP contribution in [-0.2, 0) is 4.79 Å². The van der Waals surface area contributed by atoms with Crippen LogP contribution >= 0.6 is 0 Å². The molecule has 0 heterocycles. The van der Waals surface area contributed by atoms with E-state index in [1.165, 1.54) is 25.7 Å². The molecule has 0 aromatic heterocycles. The van der Waals surface area contributed by atoms with E-state index in [0.717, 1.165) is 32.2 Å². The molecule has 1 rings (SSSR count). The summed E-state index contributed by atoms with van der Waals surface area (Å²) >= 11 is 0. The molecule has 1 fully saturated rings. The lowest BCUT2D eigenvalue weighted by Crippen LogP contribution is -2.27. The van der Waals surface area contributed by atoms with E-state index in [4.69, 9.17) is 0 Å². The van der Waals surface area contributed by atoms with Crippen LogP contribution in [0.15, 0.2) is 24.3 Å². The van der Waals surface area contributed by atoms with E-state index in [2.05, 4.69) is 31.2 Å². The minimum Gasteiger partial charge on any atom is -0.342 e. The van der Waals surface area contributed by atoms with Gasteiger partial charge in [-0.15, -0.1) is 0 Å².